The van der Waals surface area contributed by atoms with Gasteiger partial charge in [-0.25, -0.2) is 0 Å². The Hall–Kier alpha value is -1.42. The maximum atomic E-state index is 5.36. The van der Waals surface area contributed by atoms with E-state index in [2.05, 4.69) is 46.0 Å². The van der Waals surface area contributed by atoms with Gasteiger partial charge in [-0.3, -0.25) is 5.10 Å². The molecule has 1 aromatic carbocycles. The highest BCUT2D eigenvalue weighted by molar-refractivity contribution is 7.71. The molecule has 1 saturated carbocycles. The second-order valence-electron chi connectivity index (χ2n) is 5.07. The molecule has 18 heavy (non-hydrogen) atoms. The Kier molecular flexibility index (Phi) is 3.04. The molecule has 0 saturated heterocycles. The molecule has 0 amide bonds. The first-order valence-corrected chi connectivity index (χ1v) is 6.87. The molecule has 1 fully saturated rings. The highest BCUT2D eigenvalue weighted by Crippen LogP contribution is 2.39. The Bertz CT molecular complexity index is 581. The zero-order valence-electron chi connectivity index (χ0n) is 10.5. The highest BCUT2D eigenvalue weighted by Gasteiger charge is 2.30. The van der Waals surface area contributed by atoms with Crippen molar-refractivity contribution in [2.45, 2.75) is 38.1 Å². The van der Waals surface area contributed by atoms with Crippen LogP contribution in [0, 0.1) is 4.77 Å². The highest BCUT2D eigenvalue weighted by atomic mass is 32.1. The molecule has 0 radical (unpaired) electrons. The van der Waals surface area contributed by atoms with Gasteiger partial charge in [0, 0.05) is 12.0 Å². The average Bonchev–Trinajstić information content (AvgIpc) is 3.14. The van der Waals surface area contributed by atoms with Crippen LogP contribution in [-0.2, 0) is 6.42 Å². The number of nitrogens with one attached hydrogen (secondary N) is 1. The summed E-state index contributed by atoms with van der Waals surface area (Å²) >= 11 is 5.36. The molecule has 0 aliphatic heterocycles. The molecule has 1 aliphatic rings. The lowest BCUT2D eigenvalue weighted by molar-refractivity contribution is 0.515. The Balaban J connectivity index is 1.86. The van der Waals surface area contributed by atoms with Gasteiger partial charge in [0.05, 0.1) is 0 Å². The molecule has 1 N–H and O–H groups in total. The molecule has 3 nitrogen and oxygen atoms in total. The van der Waals surface area contributed by atoms with Crippen LogP contribution < -0.4 is 0 Å². The molecule has 1 unspecified atom stereocenters. The SMILES string of the molecule is CC(Cc1ccccc1)n1c(C2CC2)n[nH]c1=S. The van der Waals surface area contributed by atoms with Crippen LogP contribution in [0.5, 0.6) is 0 Å². The molecule has 1 aromatic heterocycles. The normalized spacial score (nSPS) is 16.7. The number of benzene rings is 1. The summed E-state index contributed by atoms with van der Waals surface area (Å²) in [6, 6.07) is 10.9. The lowest BCUT2D eigenvalue weighted by atomic mass is 10.1. The van der Waals surface area contributed by atoms with Gasteiger partial charge in [-0.15, -0.1) is 0 Å². The predicted molar refractivity (Wildman–Crippen MR) is 74.2 cm³/mol. The summed E-state index contributed by atoms with van der Waals surface area (Å²) < 4.78 is 2.94. The van der Waals surface area contributed by atoms with E-state index in [1.54, 1.807) is 0 Å². The van der Waals surface area contributed by atoms with Crippen LogP contribution in [0.15, 0.2) is 30.3 Å². The fourth-order valence-corrected chi connectivity index (χ4v) is 2.74. The molecule has 3 rings (SSSR count). The molecule has 1 atom stereocenters. The summed E-state index contributed by atoms with van der Waals surface area (Å²) in [5.41, 5.74) is 1.34. The Morgan fingerprint density at radius 1 is 1.39 bits per heavy atom. The first-order chi connectivity index (χ1) is 8.75. The lowest BCUT2D eigenvalue weighted by Gasteiger charge is -2.15. The van der Waals surface area contributed by atoms with E-state index >= 15 is 0 Å². The molecule has 2 aromatic rings. The molecule has 94 valence electrons. The number of H-pyrrole nitrogens is 1. The van der Waals surface area contributed by atoms with Gasteiger partial charge in [0.15, 0.2) is 4.77 Å². The molecule has 1 aliphatic carbocycles. The third-order valence-corrected chi connectivity index (χ3v) is 3.78. The fraction of sp³-hybridized carbons (Fsp3) is 0.429. The first-order valence-electron chi connectivity index (χ1n) is 6.46. The molecule has 0 bridgehead atoms. The Morgan fingerprint density at radius 3 is 2.78 bits per heavy atom. The van der Waals surface area contributed by atoms with Crippen LogP contribution in [-0.4, -0.2) is 14.8 Å². The third kappa shape index (κ3) is 2.25. The molecule has 0 spiro atoms. The van der Waals surface area contributed by atoms with Crippen LogP contribution in [0.1, 0.15) is 43.1 Å². The van der Waals surface area contributed by atoms with Crippen molar-refractivity contribution >= 4 is 12.2 Å². The van der Waals surface area contributed by atoms with Crippen molar-refractivity contribution in [3.8, 4) is 0 Å². The first kappa shape index (κ1) is 11.7. The van der Waals surface area contributed by atoms with Crippen molar-refractivity contribution in [3.63, 3.8) is 0 Å². The maximum Gasteiger partial charge on any atom is 0.195 e. The minimum absolute atomic E-state index is 0.356. The smallest absolute Gasteiger partial charge is 0.195 e. The van der Waals surface area contributed by atoms with E-state index < -0.39 is 0 Å². The number of hydrogen-bond acceptors (Lipinski definition) is 2. The van der Waals surface area contributed by atoms with Gasteiger partial charge in [-0.2, -0.15) is 5.10 Å². The van der Waals surface area contributed by atoms with Gasteiger partial charge in [0.25, 0.3) is 0 Å². The number of hydrogen-bond donors (Lipinski definition) is 1. The van der Waals surface area contributed by atoms with E-state index in [1.165, 1.54) is 18.4 Å². The lowest BCUT2D eigenvalue weighted by Crippen LogP contribution is -2.11. The van der Waals surface area contributed by atoms with E-state index in [1.807, 2.05) is 6.07 Å². The van der Waals surface area contributed by atoms with Gasteiger partial charge < -0.3 is 4.57 Å². The fourth-order valence-electron chi connectivity index (χ4n) is 2.42. The Morgan fingerprint density at radius 2 is 2.11 bits per heavy atom. The molecule has 4 heteroatoms. The molecular formula is C14H17N3S. The monoisotopic (exact) mass is 259 g/mol. The third-order valence-electron chi connectivity index (χ3n) is 3.49. The van der Waals surface area contributed by atoms with Crippen molar-refractivity contribution in [1.82, 2.24) is 14.8 Å². The number of aromatic amines is 1. The van der Waals surface area contributed by atoms with Crippen LogP contribution in [0.2, 0.25) is 0 Å². The van der Waals surface area contributed by atoms with Crippen LogP contribution in [0.4, 0.5) is 0 Å². The second kappa shape index (κ2) is 4.69. The van der Waals surface area contributed by atoms with Gasteiger partial charge in [0.2, 0.25) is 0 Å². The summed E-state index contributed by atoms with van der Waals surface area (Å²) in [6.45, 7) is 2.21. The van der Waals surface area contributed by atoms with E-state index in [0.717, 1.165) is 17.0 Å². The van der Waals surface area contributed by atoms with Crippen molar-refractivity contribution in [2.24, 2.45) is 0 Å². The van der Waals surface area contributed by atoms with Crippen molar-refractivity contribution in [3.05, 3.63) is 46.5 Å². The average molecular weight is 259 g/mol. The molecular weight excluding hydrogens is 242 g/mol. The van der Waals surface area contributed by atoms with E-state index in [9.17, 15) is 0 Å². The van der Waals surface area contributed by atoms with E-state index in [4.69, 9.17) is 12.2 Å². The second-order valence-corrected chi connectivity index (χ2v) is 5.46. The number of aromatic nitrogens is 3. The Labute approximate surface area is 112 Å². The number of rotatable bonds is 4. The standard InChI is InChI=1S/C14H17N3S/c1-10(9-11-5-3-2-4-6-11)17-13(12-7-8-12)15-16-14(17)18/h2-6,10,12H,7-9H2,1H3,(H,16,18). The summed E-state index contributed by atoms with van der Waals surface area (Å²) in [6.07, 6.45) is 3.49. The quantitative estimate of drug-likeness (QED) is 0.851. The summed E-state index contributed by atoms with van der Waals surface area (Å²) in [4.78, 5) is 0. The topological polar surface area (TPSA) is 33.6 Å². The van der Waals surface area contributed by atoms with Crippen LogP contribution in [0.25, 0.3) is 0 Å². The van der Waals surface area contributed by atoms with E-state index in [0.29, 0.717) is 12.0 Å². The summed E-state index contributed by atoms with van der Waals surface area (Å²) in [7, 11) is 0. The van der Waals surface area contributed by atoms with Crippen molar-refractivity contribution in [1.29, 1.82) is 0 Å². The predicted octanol–water partition coefficient (Wildman–Crippen LogP) is 3.62. The minimum Gasteiger partial charge on any atom is -0.301 e. The van der Waals surface area contributed by atoms with Gasteiger partial charge in [-0.1, -0.05) is 30.3 Å². The largest absolute Gasteiger partial charge is 0.301 e. The van der Waals surface area contributed by atoms with Gasteiger partial charge >= 0.3 is 0 Å². The van der Waals surface area contributed by atoms with Gasteiger partial charge in [0.1, 0.15) is 5.82 Å². The summed E-state index contributed by atoms with van der Waals surface area (Å²) in [5, 5.41) is 7.33. The van der Waals surface area contributed by atoms with Crippen LogP contribution in [0.3, 0.4) is 0 Å². The number of nitrogens with zero attached hydrogens (tertiary/aromatic N) is 2. The van der Waals surface area contributed by atoms with Gasteiger partial charge in [-0.05, 0) is 44.0 Å². The van der Waals surface area contributed by atoms with Crippen molar-refractivity contribution < 1.29 is 0 Å². The zero-order chi connectivity index (χ0) is 12.5. The van der Waals surface area contributed by atoms with E-state index in [-0.39, 0.29) is 0 Å². The summed E-state index contributed by atoms with van der Waals surface area (Å²) in [5.74, 6) is 1.76. The van der Waals surface area contributed by atoms with Crippen LogP contribution >= 0.6 is 12.2 Å². The van der Waals surface area contributed by atoms with Crippen molar-refractivity contribution in [2.75, 3.05) is 0 Å². The zero-order valence-corrected chi connectivity index (χ0v) is 11.3. The maximum absolute atomic E-state index is 5.36. The molecule has 1 heterocycles. The minimum atomic E-state index is 0.356.